The van der Waals surface area contributed by atoms with Crippen LogP contribution in [0.1, 0.15) is 0 Å². The number of rotatable bonds is 5. The van der Waals surface area contributed by atoms with Crippen molar-refractivity contribution in [3.8, 4) is 28.9 Å². The quantitative estimate of drug-likeness (QED) is 0.769. The maximum atomic E-state index is 10.4. The summed E-state index contributed by atoms with van der Waals surface area (Å²) >= 11 is 0. The number of carbonyl (C=O) groups is 1. The minimum atomic E-state index is -1.03. The average Bonchev–Trinajstić information content (AvgIpc) is 3.16. The number of hydrogen-bond donors (Lipinski definition) is 1. The van der Waals surface area contributed by atoms with Crippen LogP contribution in [0.5, 0.6) is 5.75 Å². The van der Waals surface area contributed by atoms with Gasteiger partial charge in [0, 0.05) is 5.56 Å². The van der Waals surface area contributed by atoms with Crippen molar-refractivity contribution in [2.24, 2.45) is 0 Å². The molecule has 0 radical (unpaired) electrons. The summed E-state index contributed by atoms with van der Waals surface area (Å²) < 4.78 is 15.7. The Kier molecular flexibility index (Phi) is 3.38. The predicted molar refractivity (Wildman–Crippen MR) is 70.6 cm³/mol. The average molecular weight is 286 g/mol. The molecule has 0 saturated carbocycles. The Morgan fingerprint density at radius 3 is 2.57 bits per heavy atom. The number of benzene rings is 1. The molecule has 0 saturated heterocycles. The Hall–Kier alpha value is -3.09. The van der Waals surface area contributed by atoms with Crippen molar-refractivity contribution in [3.05, 3.63) is 42.7 Å². The van der Waals surface area contributed by atoms with Gasteiger partial charge in [0.1, 0.15) is 5.75 Å². The fourth-order valence-electron chi connectivity index (χ4n) is 1.68. The van der Waals surface area contributed by atoms with Gasteiger partial charge in [-0.3, -0.25) is 0 Å². The zero-order valence-electron chi connectivity index (χ0n) is 10.7. The Morgan fingerprint density at radius 1 is 1.14 bits per heavy atom. The van der Waals surface area contributed by atoms with E-state index in [-0.39, 0.29) is 6.61 Å². The number of aliphatic carboxylic acids is 1. The lowest BCUT2D eigenvalue weighted by Crippen LogP contribution is -2.09. The molecule has 0 aliphatic heterocycles. The molecule has 21 heavy (non-hydrogen) atoms. The van der Waals surface area contributed by atoms with Gasteiger partial charge in [-0.15, -0.1) is 10.2 Å². The normalized spacial score (nSPS) is 10.5. The lowest BCUT2D eigenvalue weighted by atomic mass is 10.2. The van der Waals surface area contributed by atoms with Crippen LogP contribution in [0.4, 0.5) is 0 Å². The number of hydrogen-bond acceptors (Lipinski definition) is 6. The third-order valence-electron chi connectivity index (χ3n) is 2.62. The third kappa shape index (κ3) is 2.92. The van der Waals surface area contributed by atoms with Gasteiger partial charge in [-0.05, 0) is 36.4 Å². The van der Waals surface area contributed by atoms with E-state index in [1.54, 1.807) is 36.4 Å². The molecule has 0 aliphatic carbocycles. The van der Waals surface area contributed by atoms with E-state index in [9.17, 15) is 4.79 Å². The SMILES string of the molecule is O=C(O)COc1ccc(-c2nnc(-c3ccco3)o2)cc1. The Balaban J connectivity index is 1.76. The number of aromatic nitrogens is 2. The summed E-state index contributed by atoms with van der Waals surface area (Å²) in [4.78, 5) is 10.4. The maximum absolute atomic E-state index is 10.4. The molecule has 1 N–H and O–H groups in total. The summed E-state index contributed by atoms with van der Waals surface area (Å²) in [5.41, 5.74) is 0.697. The molecule has 0 bridgehead atoms. The van der Waals surface area contributed by atoms with Gasteiger partial charge in [0.05, 0.1) is 6.26 Å². The van der Waals surface area contributed by atoms with Crippen LogP contribution in [-0.2, 0) is 4.79 Å². The van der Waals surface area contributed by atoms with Gasteiger partial charge in [0.2, 0.25) is 5.89 Å². The number of furan rings is 1. The minimum Gasteiger partial charge on any atom is -0.482 e. The van der Waals surface area contributed by atoms with Crippen molar-refractivity contribution >= 4 is 5.97 Å². The van der Waals surface area contributed by atoms with Crippen molar-refractivity contribution in [3.63, 3.8) is 0 Å². The van der Waals surface area contributed by atoms with E-state index in [1.807, 2.05) is 0 Å². The van der Waals surface area contributed by atoms with E-state index in [2.05, 4.69) is 10.2 Å². The summed E-state index contributed by atoms with van der Waals surface area (Å²) in [5.74, 6) is 0.550. The summed E-state index contributed by atoms with van der Waals surface area (Å²) in [6.45, 7) is -0.386. The molecule has 0 aliphatic rings. The van der Waals surface area contributed by atoms with Crippen LogP contribution >= 0.6 is 0 Å². The van der Waals surface area contributed by atoms with E-state index >= 15 is 0 Å². The predicted octanol–water partition coefficient (Wildman–Crippen LogP) is 2.46. The molecule has 106 valence electrons. The van der Waals surface area contributed by atoms with Gasteiger partial charge in [0.15, 0.2) is 12.4 Å². The van der Waals surface area contributed by atoms with E-state index < -0.39 is 5.97 Å². The first-order valence-corrected chi connectivity index (χ1v) is 6.05. The van der Waals surface area contributed by atoms with Crippen LogP contribution in [0.15, 0.2) is 51.5 Å². The summed E-state index contributed by atoms with van der Waals surface area (Å²) in [6.07, 6.45) is 1.52. The molecule has 7 heteroatoms. The van der Waals surface area contributed by atoms with Gasteiger partial charge in [-0.1, -0.05) is 0 Å². The number of ether oxygens (including phenoxy) is 1. The van der Waals surface area contributed by atoms with Crippen molar-refractivity contribution in [2.45, 2.75) is 0 Å². The van der Waals surface area contributed by atoms with Crippen molar-refractivity contribution in [1.29, 1.82) is 0 Å². The molecule has 0 fully saturated rings. The van der Waals surface area contributed by atoms with Gasteiger partial charge in [-0.2, -0.15) is 0 Å². The molecular weight excluding hydrogens is 276 g/mol. The highest BCUT2D eigenvalue weighted by atomic mass is 16.5. The lowest BCUT2D eigenvalue weighted by molar-refractivity contribution is -0.139. The molecule has 7 nitrogen and oxygen atoms in total. The standard InChI is InChI=1S/C14H10N2O5/c17-12(18)8-20-10-5-3-9(4-6-10)13-15-16-14(21-13)11-2-1-7-19-11/h1-7H,8H2,(H,17,18). The van der Waals surface area contributed by atoms with Gasteiger partial charge < -0.3 is 18.7 Å². The van der Waals surface area contributed by atoms with E-state index in [0.717, 1.165) is 0 Å². The Morgan fingerprint density at radius 2 is 1.90 bits per heavy atom. The highest BCUT2D eigenvalue weighted by Gasteiger charge is 2.12. The Bertz CT molecular complexity index is 731. The monoisotopic (exact) mass is 286 g/mol. The molecule has 2 aromatic heterocycles. The summed E-state index contributed by atoms with van der Waals surface area (Å²) in [5, 5.41) is 16.4. The molecular formula is C14H10N2O5. The van der Waals surface area contributed by atoms with Crippen LogP contribution in [0.2, 0.25) is 0 Å². The molecule has 0 unspecified atom stereocenters. The van der Waals surface area contributed by atoms with E-state index in [0.29, 0.717) is 28.9 Å². The second-order valence-electron chi connectivity index (χ2n) is 4.10. The van der Waals surface area contributed by atoms with Crippen molar-refractivity contribution in [2.75, 3.05) is 6.61 Å². The highest BCUT2D eigenvalue weighted by molar-refractivity contribution is 5.68. The molecule has 0 spiro atoms. The first-order chi connectivity index (χ1) is 10.2. The summed E-state index contributed by atoms with van der Waals surface area (Å²) in [6, 6.07) is 10.1. The largest absolute Gasteiger partial charge is 0.482 e. The number of carboxylic acid groups (broad SMARTS) is 1. The molecule has 1 aromatic carbocycles. The topological polar surface area (TPSA) is 98.6 Å². The minimum absolute atomic E-state index is 0.293. The number of carboxylic acids is 1. The van der Waals surface area contributed by atoms with Gasteiger partial charge in [0.25, 0.3) is 5.89 Å². The maximum Gasteiger partial charge on any atom is 0.341 e. The first-order valence-electron chi connectivity index (χ1n) is 6.05. The van der Waals surface area contributed by atoms with Crippen molar-refractivity contribution < 1.29 is 23.5 Å². The highest BCUT2D eigenvalue weighted by Crippen LogP contribution is 2.25. The van der Waals surface area contributed by atoms with Crippen molar-refractivity contribution in [1.82, 2.24) is 10.2 Å². The van der Waals surface area contributed by atoms with Crippen LogP contribution in [0.25, 0.3) is 23.1 Å². The fraction of sp³-hybridized carbons (Fsp3) is 0.0714. The van der Waals surface area contributed by atoms with Gasteiger partial charge in [-0.25, -0.2) is 4.79 Å². The number of nitrogens with zero attached hydrogens (tertiary/aromatic N) is 2. The van der Waals surface area contributed by atoms with Gasteiger partial charge >= 0.3 is 5.97 Å². The third-order valence-corrected chi connectivity index (χ3v) is 2.62. The molecule has 0 amide bonds. The molecule has 3 aromatic rings. The van der Waals surface area contributed by atoms with E-state index in [1.165, 1.54) is 6.26 Å². The van der Waals surface area contributed by atoms with Crippen LogP contribution in [0, 0.1) is 0 Å². The smallest absolute Gasteiger partial charge is 0.341 e. The van der Waals surface area contributed by atoms with Crippen LogP contribution < -0.4 is 4.74 Å². The van der Waals surface area contributed by atoms with E-state index in [4.69, 9.17) is 18.7 Å². The molecule has 2 heterocycles. The first kappa shape index (κ1) is 12.9. The molecule has 3 rings (SSSR count). The second-order valence-corrected chi connectivity index (χ2v) is 4.10. The molecule has 0 atom stereocenters. The summed E-state index contributed by atoms with van der Waals surface area (Å²) in [7, 11) is 0. The van der Waals surface area contributed by atoms with Crippen LogP contribution in [-0.4, -0.2) is 27.9 Å². The fourth-order valence-corrected chi connectivity index (χ4v) is 1.68. The lowest BCUT2D eigenvalue weighted by Gasteiger charge is -2.02. The second kappa shape index (κ2) is 5.49. The van der Waals surface area contributed by atoms with Crippen LogP contribution in [0.3, 0.4) is 0 Å². The zero-order chi connectivity index (χ0) is 14.7. The Labute approximate surface area is 118 Å². The zero-order valence-corrected chi connectivity index (χ0v) is 10.7.